The van der Waals surface area contributed by atoms with Crippen LogP contribution in [0.3, 0.4) is 0 Å². The lowest BCUT2D eigenvalue weighted by atomic mass is 10.2. The molecule has 0 fully saturated rings. The third kappa shape index (κ3) is 2.62. The molecule has 0 heterocycles. The van der Waals surface area contributed by atoms with Crippen LogP contribution in [0.25, 0.3) is 0 Å². The van der Waals surface area contributed by atoms with E-state index < -0.39 is 34.7 Å². The van der Waals surface area contributed by atoms with Crippen LogP contribution in [0, 0.1) is 11.6 Å². The number of aromatic hydroxyl groups is 2. The van der Waals surface area contributed by atoms with E-state index in [0.717, 1.165) is 24.3 Å². The Kier molecular flexibility index (Phi) is 3.33. The second kappa shape index (κ2) is 4.93. The van der Waals surface area contributed by atoms with Crippen molar-refractivity contribution in [3.05, 3.63) is 53.6 Å². The van der Waals surface area contributed by atoms with E-state index in [0.29, 0.717) is 0 Å². The largest absolute Gasteiger partial charge is 0.504 e. The summed E-state index contributed by atoms with van der Waals surface area (Å²) in [5.74, 6) is -3.51. The molecule has 19 heavy (non-hydrogen) atoms. The zero-order valence-electron chi connectivity index (χ0n) is 9.52. The second-order valence-corrected chi connectivity index (χ2v) is 3.75. The van der Waals surface area contributed by atoms with Crippen molar-refractivity contribution in [1.82, 2.24) is 0 Å². The van der Waals surface area contributed by atoms with E-state index in [-0.39, 0.29) is 5.56 Å². The maximum absolute atomic E-state index is 13.3. The van der Waals surface area contributed by atoms with E-state index in [1.807, 2.05) is 0 Å². The quantitative estimate of drug-likeness (QED) is 0.731. The molecule has 0 spiro atoms. The third-order valence-electron chi connectivity index (χ3n) is 2.44. The van der Waals surface area contributed by atoms with E-state index in [9.17, 15) is 18.7 Å². The van der Waals surface area contributed by atoms with Gasteiger partial charge in [0.05, 0.1) is 0 Å². The van der Waals surface area contributed by atoms with Gasteiger partial charge in [-0.1, -0.05) is 6.07 Å². The van der Waals surface area contributed by atoms with Gasteiger partial charge in [0.1, 0.15) is 17.3 Å². The van der Waals surface area contributed by atoms with Gasteiger partial charge in [-0.25, -0.2) is 8.78 Å². The number of para-hydroxylation sites is 1. The summed E-state index contributed by atoms with van der Waals surface area (Å²) in [7, 11) is 0. The minimum absolute atomic E-state index is 0.0436. The first-order valence-corrected chi connectivity index (χ1v) is 5.26. The zero-order chi connectivity index (χ0) is 14.0. The summed E-state index contributed by atoms with van der Waals surface area (Å²) in [5.41, 5.74) is -0.613. The molecule has 1 amide bonds. The molecule has 0 aliphatic carbocycles. The smallest absolute Gasteiger partial charge is 0.255 e. The number of phenols is 2. The number of hydrogen-bond donors (Lipinski definition) is 3. The van der Waals surface area contributed by atoms with Gasteiger partial charge >= 0.3 is 0 Å². The Bertz CT molecular complexity index is 624. The molecule has 0 aliphatic rings. The van der Waals surface area contributed by atoms with Gasteiger partial charge in [-0.3, -0.25) is 4.79 Å². The second-order valence-electron chi connectivity index (χ2n) is 3.75. The van der Waals surface area contributed by atoms with Crippen LogP contribution in [-0.4, -0.2) is 16.1 Å². The van der Waals surface area contributed by atoms with E-state index in [1.165, 1.54) is 12.1 Å². The van der Waals surface area contributed by atoms with Crippen molar-refractivity contribution in [3.8, 4) is 11.5 Å². The molecule has 0 radical (unpaired) electrons. The predicted octanol–water partition coefficient (Wildman–Crippen LogP) is 2.63. The topological polar surface area (TPSA) is 69.6 Å². The molecule has 0 atom stereocenters. The number of amides is 1. The highest BCUT2D eigenvalue weighted by Gasteiger charge is 2.14. The molecule has 2 rings (SSSR count). The lowest BCUT2D eigenvalue weighted by Gasteiger charge is -2.08. The number of carbonyl (C=O) groups is 1. The number of phenolic OH excluding ortho intramolecular Hbond substituents is 2. The van der Waals surface area contributed by atoms with Gasteiger partial charge in [0.15, 0.2) is 11.5 Å². The van der Waals surface area contributed by atoms with Crippen LogP contribution in [0.15, 0.2) is 36.4 Å². The molecule has 0 bridgehead atoms. The molecule has 0 unspecified atom stereocenters. The molecule has 6 heteroatoms. The van der Waals surface area contributed by atoms with E-state index in [2.05, 4.69) is 5.32 Å². The number of rotatable bonds is 2. The number of carbonyl (C=O) groups excluding carboxylic acids is 1. The molecule has 4 nitrogen and oxygen atoms in total. The highest BCUT2D eigenvalue weighted by molar-refractivity contribution is 6.04. The highest BCUT2D eigenvalue weighted by atomic mass is 19.1. The monoisotopic (exact) mass is 265 g/mol. The molecule has 3 N–H and O–H groups in total. The van der Waals surface area contributed by atoms with Crippen molar-refractivity contribution in [3.63, 3.8) is 0 Å². The fraction of sp³-hybridized carbons (Fsp3) is 0. The van der Waals surface area contributed by atoms with Crippen LogP contribution in [0.5, 0.6) is 11.5 Å². The Morgan fingerprint density at radius 3 is 2.21 bits per heavy atom. The Labute approximate surface area is 106 Å². The first kappa shape index (κ1) is 12.8. The maximum atomic E-state index is 13.3. The summed E-state index contributed by atoms with van der Waals surface area (Å²) >= 11 is 0. The number of nitrogens with one attached hydrogen (secondary N) is 1. The summed E-state index contributed by atoms with van der Waals surface area (Å²) in [4.78, 5) is 11.7. The first-order chi connectivity index (χ1) is 8.99. The first-order valence-electron chi connectivity index (χ1n) is 5.26. The van der Waals surface area contributed by atoms with Gasteiger partial charge in [-0.15, -0.1) is 0 Å². The molecule has 0 saturated heterocycles. The molecule has 0 saturated carbocycles. The van der Waals surface area contributed by atoms with Crippen LogP contribution >= 0.6 is 0 Å². The Morgan fingerprint density at radius 2 is 1.63 bits per heavy atom. The van der Waals surface area contributed by atoms with Crippen molar-refractivity contribution in [1.29, 1.82) is 0 Å². The minimum atomic E-state index is -0.906. The van der Waals surface area contributed by atoms with Gasteiger partial charge in [-0.05, 0) is 30.3 Å². The Balaban J connectivity index is 2.28. The lowest BCUT2D eigenvalue weighted by molar-refractivity contribution is 0.102. The van der Waals surface area contributed by atoms with E-state index in [4.69, 9.17) is 5.11 Å². The molecular formula is C13H9F2NO3. The normalized spacial score (nSPS) is 10.2. The van der Waals surface area contributed by atoms with E-state index in [1.54, 1.807) is 0 Å². The van der Waals surface area contributed by atoms with Crippen LogP contribution in [0.2, 0.25) is 0 Å². The van der Waals surface area contributed by atoms with E-state index >= 15 is 0 Å². The lowest BCUT2D eigenvalue weighted by Crippen LogP contribution is -2.14. The van der Waals surface area contributed by atoms with Gasteiger partial charge in [0, 0.05) is 5.56 Å². The van der Waals surface area contributed by atoms with Crippen LogP contribution < -0.4 is 5.32 Å². The number of hydrogen-bond acceptors (Lipinski definition) is 3. The van der Waals surface area contributed by atoms with Crippen molar-refractivity contribution < 1.29 is 23.8 Å². The number of halogens is 2. The molecule has 2 aromatic rings. The average Bonchev–Trinajstić information content (AvgIpc) is 2.37. The third-order valence-corrected chi connectivity index (χ3v) is 2.44. The SMILES string of the molecule is O=C(Nc1c(F)cccc1F)c1ccc(O)c(O)c1. The summed E-state index contributed by atoms with van der Waals surface area (Å²) in [6.07, 6.45) is 0. The van der Waals surface area contributed by atoms with Crippen molar-refractivity contribution in [2.24, 2.45) is 0 Å². The fourth-order valence-electron chi connectivity index (χ4n) is 1.47. The van der Waals surface area contributed by atoms with Gasteiger partial charge in [0.25, 0.3) is 5.91 Å². The highest BCUT2D eigenvalue weighted by Crippen LogP contribution is 2.26. The van der Waals surface area contributed by atoms with Crippen molar-refractivity contribution >= 4 is 11.6 Å². The zero-order valence-corrected chi connectivity index (χ0v) is 9.52. The van der Waals surface area contributed by atoms with Crippen LogP contribution in [0.1, 0.15) is 10.4 Å². The van der Waals surface area contributed by atoms with Crippen LogP contribution in [0.4, 0.5) is 14.5 Å². The molecule has 2 aromatic carbocycles. The average molecular weight is 265 g/mol. The minimum Gasteiger partial charge on any atom is -0.504 e. The summed E-state index contributed by atoms with van der Waals surface area (Å²) < 4.78 is 26.7. The van der Waals surface area contributed by atoms with Gasteiger partial charge in [-0.2, -0.15) is 0 Å². The summed E-state index contributed by atoms with van der Waals surface area (Å²) in [5, 5.41) is 20.4. The molecular weight excluding hydrogens is 256 g/mol. The fourth-order valence-corrected chi connectivity index (χ4v) is 1.47. The molecule has 0 aliphatic heterocycles. The van der Waals surface area contributed by atoms with Crippen molar-refractivity contribution in [2.45, 2.75) is 0 Å². The maximum Gasteiger partial charge on any atom is 0.255 e. The van der Waals surface area contributed by atoms with Crippen LogP contribution in [-0.2, 0) is 0 Å². The van der Waals surface area contributed by atoms with Gasteiger partial charge < -0.3 is 15.5 Å². The number of anilines is 1. The van der Waals surface area contributed by atoms with Gasteiger partial charge in [0.2, 0.25) is 0 Å². The molecule has 0 aromatic heterocycles. The standard InChI is InChI=1S/C13H9F2NO3/c14-8-2-1-3-9(15)12(8)16-13(19)7-4-5-10(17)11(18)6-7/h1-6,17-18H,(H,16,19). The molecule has 98 valence electrons. The number of benzene rings is 2. The summed E-state index contributed by atoms with van der Waals surface area (Å²) in [6.45, 7) is 0. The Morgan fingerprint density at radius 1 is 1.00 bits per heavy atom. The predicted molar refractivity (Wildman–Crippen MR) is 64.1 cm³/mol. The Hall–Kier alpha value is -2.63. The summed E-state index contributed by atoms with van der Waals surface area (Å²) in [6, 6.07) is 6.49. The van der Waals surface area contributed by atoms with Crippen molar-refractivity contribution in [2.75, 3.05) is 5.32 Å².